The van der Waals surface area contributed by atoms with E-state index in [9.17, 15) is 13.2 Å². The molecule has 0 amide bonds. The fourth-order valence-electron chi connectivity index (χ4n) is 1.63. The molecule has 2 N–H and O–H groups in total. The van der Waals surface area contributed by atoms with Gasteiger partial charge in [0.05, 0.1) is 12.0 Å². The number of sulfonamides is 1. The topological polar surface area (TPSA) is 92.7 Å². The monoisotopic (exact) mass is 287 g/mol. The van der Waals surface area contributed by atoms with E-state index in [2.05, 4.69) is 4.72 Å². The van der Waals surface area contributed by atoms with Crippen molar-refractivity contribution in [2.75, 3.05) is 7.11 Å². The van der Waals surface area contributed by atoms with Crippen LogP contribution in [0.3, 0.4) is 0 Å². The number of nitrogens with one attached hydrogen (secondary N) is 1. The lowest BCUT2D eigenvalue weighted by molar-refractivity contribution is -0.138. The first-order valence-electron chi connectivity index (χ1n) is 5.60. The smallest absolute Gasteiger partial charge is 0.321 e. The fourth-order valence-corrected chi connectivity index (χ4v) is 3.13. The van der Waals surface area contributed by atoms with Crippen LogP contribution >= 0.6 is 0 Å². The van der Waals surface area contributed by atoms with Crippen molar-refractivity contribution in [1.29, 1.82) is 0 Å². The summed E-state index contributed by atoms with van der Waals surface area (Å²) in [4.78, 5) is 10.8. The van der Waals surface area contributed by atoms with Gasteiger partial charge in [-0.15, -0.1) is 0 Å². The van der Waals surface area contributed by atoms with Crippen LogP contribution < -0.4 is 9.46 Å². The van der Waals surface area contributed by atoms with E-state index in [1.165, 1.54) is 20.1 Å². The number of rotatable bonds is 5. The Hall–Kier alpha value is -1.60. The molecule has 1 unspecified atom stereocenters. The summed E-state index contributed by atoms with van der Waals surface area (Å²) >= 11 is 0. The van der Waals surface area contributed by atoms with Gasteiger partial charge in [-0.3, -0.25) is 4.79 Å². The molecule has 0 bridgehead atoms. The molecule has 0 heterocycles. The number of ether oxygens (including phenoxy) is 1. The van der Waals surface area contributed by atoms with Gasteiger partial charge < -0.3 is 9.84 Å². The van der Waals surface area contributed by atoms with Gasteiger partial charge in [0.1, 0.15) is 11.8 Å². The van der Waals surface area contributed by atoms with Crippen molar-refractivity contribution in [3.8, 4) is 5.75 Å². The minimum atomic E-state index is -3.87. The van der Waals surface area contributed by atoms with E-state index in [1.807, 2.05) is 0 Å². The van der Waals surface area contributed by atoms with Crippen LogP contribution in [-0.4, -0.2) is 32.6 Å². The van der Waals surface area contributed by atoms with Crippen molar-refractivity contribution in [2.45, 2.75) is 31.7 Å². The highest BCUT2D eigenvalue weighted by Gasteiger charge is 2.24. The second-order valence-electron chi connectivity index (χ2n) is 4.20. The summed E-state index contributed by atoms with van der Waals surface area (Å²) in [7, 11) is -2.37. The number of hydrogen-bond donors (Lipinski definition) is 2. The predicted octanol–water partition coefficient (Wildman–Crippen LogP) is 1.06. The number of methoxy groups -OCH3 is 1. The van der Waals surface area contributed by atoms with E-state index < -0.39 is 22.0 Å². The van der Waals surface area contributed by atoms with Crippen LogP contribution in [0.1, 0.15) is 18.1 Å². The standard InChI is InChI=1S/C12H17NO5S/c1-7-8(2)11(6-5-10(7)18-4)19(16,17)13-9(3)12(14)15/h5-6,9,13H,1-4H3,(H,14,15). The third-order valence-corrected chi connectivity index (χ3v) is 4.58. The number of carboxylic acids is 1. The summed E-state index contributed by atoms with van der Waals surface area (Å²) in [6.07, 6.45) is 0. The zero-order valence-corrected chi connectivity index (χ0v) is 12.0. The third kappa shape index (κ3) is 3.24. The fraction of sp³-hybridized carbons (Fsp3) is 0.417. The van der Waals surface area contributed by atoms with Gasteiger partial charge in [0.2, 0.25) is 10.0 Å². The van der Waals surface area contributed by atoms with Gasteiger partial charge >= 0.3 is 5.97 Å². The van der Waals surface area contributed by atoms with Crippen LogP contribution in [0.4, 0.5) is 0 Å². The third-order valence-electron chi connectivity index (χ3n) is 2.90. The summed E-state index contributed by atoms with van der Waals surface area (Å²) < 4.78 is 31.4. The van der Waals surface area contributed by atoms with Gasteiger partial charge in [-0.2, -0.15) is 4.72 Å². The normalized spacial score (nSPS) is 13.1. The lowest BCUT2D eigenvalue weighted by Gasteiger charge is -2.15. The first-order chi connectivity index (χ1) is 8.70. The van der Waals surface area contributed by atoms with Gasteiger partial charge in [-0.1, -0.05) is 0 Å². The summed E-state index contributed by atoms with van der Waals surface area (Å²) in [5, 5.41) is 8.75. The number of aliphatic carboxylic acids is 1. The van der Waals surface area contributed by atoms with Gasteiger partial charge in [-0.25, -0.2) is 8.42 Å². The molecule has 0 aromatic heterocycles. The zero-order chi connectivity index (χ0) is 14.8. The van der Waals surface area contributed by atoms with E-state index in [4.69, 9.17) is 9.84 Å². The number of benzene rings is 1. The molecule has 19 heavy (non-hydrogen) atoms. The van der Waals surface area contributed by atoms with E-state index in [1.54, 1.807) is 19.9 Å². The van der Waals surface area contributed by atoms with E-state index in [0.717, 1.165) is 0 Å². The van der Waals surface area contributed by atoms with Crippen molar-refractivity contribution >= 4 is 16.0 Å². The summed E-state index contributed by atoms with van der Waals surface area (Å²) in [6.45, 7) is 4.66. The molecule has 0 aliphatic rings. The lowest BCUT2D eigenvalue weighted by Crippen LogP contribution is -2.38. The molecule has 1 aromatic rings. The van der Waals surface area contributed by atoms with Crippen LogP contribution in [0.5, 0.6) is 5.75 Å². The van der Waals surface area contributed by atoms with Crippen LogP contribution in [0.25, 0.3) is 0 Å². The Bertz CT molecular complexity index is 594. The van der Waals surface area contributed by atoms with Gasteiger partial charge in [0, 0.05) is 0 Å². The molecule has 0 fully saturated rings. The molecule has 6 nitrogen and oxygen atoms in total. The molecular formula is C12H17NO5S. The number of carboxylic acid groups (broad SMARTS) is 1. The molecule has 1 atom stereocenters. The molecule has 1 aromatic carbocycles. The molecule has 1 rings (SSSR count). The molecule has 0 saturated heterocycles. The Morgan fingerprint density at radius 2 is 1.89 bits per heavy atom. The first kappa shape index (κ1) is 15.5. The first-order valence-corrected chi connectivity index (χ1v) is 7.08. The summed E-state index contributed by atoms with van der Waals surface area (Å²) in [5.74, 6) is -0.644. The maximum Gasteiger partial charge on any atom is 0.321 e. The van der Waals surface area contributed by atoms with Crippen molar-refractivity contribution in [1.82, 2.24) is 4.72 Å². The lowest BCUT2D eigenvalue weighted by atomic mass is 10.1. The predicted molar refractivity (Wildman–Crippen MR) is 69.9 cm³/mol. The molecule has 0 aliphatic heterocycles. The maximum atomic E-state index is 12.1. The van der Waals surface area contributed by atoms with Crippen LogP contribution in [0.15, 0.2) is 17.0 Å². The molecular weight excluding hydrogens is 270 g/mol. The van der Waals surface area contributed by atoms with Crippen molar-refractivity contribution in [3.05, 3.63) is 23.3 Å². The molecule has 7 heteroatoms. The number of carbonyl (C=O) groups is 1. The maximum absolute atomic E-state index is 12.1. The molecule has 0 spiro atoms. The average molecular weight is 287 g/mol. The summed E-state index contributed by atoms with van der Waals surface area (Å²) in [6, 6.07) is 1.76. The van der Waals surface area contributed by atoms with Crippen LogP contribution in [-0.2, 0) is 14.8 Å². The largest absolute Gasteiger partial charge is 0.496 e. The Labute approximate surface area is 112 Å². The molecule has 106 valence electrons. The second kappa shape index (κ2) is 5.58. The molecule has 0 radical (unpaired) electrons. The Morgan fingerprint density at radius 1 is 1.32 bits per heavy atom. The van der Waals surface area contributed by atoms with Crippen LogP contribution in [0.2, 0.25) is 0 Å². The van der Waals surface area contributed by atoms with E-state index in [-0.39, 0.29) is 4.90 Å². The second-order valence-corrected chi connectivity index (χ2v) is 5.88. The Kier molecular flexibility index (Phi) is 4.54. The van der Waals surface area contributed by atoms with Crippen molar-refractivity contribution in [2.24, 2.45) is 0 Å². The molecule has 0 saturated carbocycles. The average Bonchev–Trinajstić information content (AvgIpc) is 2.31. The summed E-state index contributed by atoms with van der Waals surface area (Å²) in [5.41, 5.74) is 1.23. The van der Waals surface area contributed by atoms with Gasteiger partial charge in [0.15, 0.2) is 0 Å². The zero-order valence-electron chi connectivity index (χ0n) is 11.2. The van der Waals surface area contributed by atoms with Crippen molar-refractivity contribution < 1.29 is 23.1 Å². The van der Waals surface area contributed by atoms with Gasteiger partial charge in [-0.05, 0) is 44.0 Å². The highest BCUT2D eigenvalue weighted by atomic mass is 32.2. The Balaban J connectivity index is 3.23. The van der Waals surface area contributed by atoms with Gasteiger partial charge in [0.25, 0.3) is 0 Å². The van der Waals surface area contributed by atoms with E-state index >= 15 is 0 Å². The minimum absolute atomic E-state index is 0.0545. The highest BCUT2D eigenvalue weighted by molar-refractivity contribution is 7.89. The Morgan fingerprint density at radius 3 is 2.37 bits per heavy atom. The van der Waals surface area contributed by atoms with Crippen molar-refractivity contribution in [3.63, 3.8) is 0 Å². The SMILES string of the molecule is COc1ccc(S(=O)(=O)NC(C)C(=O)O)c(C)c1C. The molecule has 0 aliphatic carbocycles. The highest BCUT2D eigenvalue weighted by Crippen LogP contribution is 2.26. The number of hydrogen-bond acceptors (Lipinski definition) is 4. The van der Waals surface area contributed by atoms with E-state index in [0.29, 0.717) is 16.9 Å². The minimum Gasteiger partial charge on any atom is -0.496 e. The quantitative estimate of drug-likeness (QED) is 0.845. The van der Waals surface area contributed by atoms with Crippen LogP contribution in [0, 0.1) is 13.8 Å².